The Morgan fingerprint density at radius 2 is 1.31 bits per heavy atom. The predicted molar refractivity (Wildman–Crippen MR) is 227 cm³/mol. The molecule has 0 atom stereocenters. The Kier molecular flexibility index (Phi) is 6.83. The van der Waals surface area contributed by atoms with Gasteiger partial charge in [0.1, 0.15) is 0 Å². The summed E-state index contributed by atoms with van der Waals surface area (Å²) >= 11 is 15.3. The van der Waals surface area contributed by atoms with E-state index >= 15 is 0 Å². The van der Waals surface area contributed by atoms with Crippen molar-refractivity contribution >= 4 is 101 Å². The molecular weight excluding hydrogens is 694 g/mol. The van der Waals surface area contributed by atoms with E-state index in [9.17, 15) is 0 Å². The first kappa shape index (κ1) is 32.2. The number of aryl methyl sites for hydroxylation is 1. The smallest absolute Gasteiger partial charge is 0.264 e. The summed E-state index contributed by atoms with van der Waals surface area (Å²) in [6.07, 6.45) is 0. The van der Waals surface area contributed by atoms with Crippen molar-refractivity contribution in [1.29, 1.82) is 0 Å². The van der Waals surface area contributed by atoms with E-state index in [0.29, 0.717) is 0 Å². The van der Waals surface area contributed by atoms with Crippen LogP contribution in [0.4, 0.5) is 34.1 Å². The van der Waals surface area contributed by atoms with Crippen LogP contribution in [-0.2, 0) is 10.8 Å². The Labute approximate surface area is 320 Å². The van der Waals surface area contributed by atoms with Crippen molar-refractivity contribution in [3.05, 3.63) is 148 Å². The average Bonchev–Trinajstić information content (AvgIpc) is 3.59. The van der Waals surface area contributed by atoms with Crippen molar-refractivity contribution in [1.82, 2.24) is 0 Å². The molecule has 0 fully saturated rings. The number of benzene rings is 6. The van der Waals surface area contributed by atoms with Crippen molar-refractivity contribution in [2.45, 2.75) is 52.4 Å². The highest BCUT2D eigenvalue weighted by Gasteiger charge is 2.46. The molecule has 2 aliphatic heterocycles. The van der Waals surface area contributed by atoms with Crippen LogP contribution in [0.2, 0.25) is 10.0 Å². The molecule has 0 unspecified atom stereocenters. The van der Waals surface area contributed by atoms with E-state index in [0.717, 1.165) is 27.1 Å². The minimum absolute atomic E-state index is 0.00971. The molecule has 0 spiro atoms. The van der Waals surface area contributed by atoms with Gasteiger partial charge in [0, 0.05) is 58.8 Å². The summed E-state index contributed by atoms with van der Waals surface area (Å²) < 4.78 is 2.66. The van der Waals surface area contributed by atoms with Gasteiger partial charge in [0.2, 0.25) is 0 Å². The number of nitrogens with zero attached hydrogens (tertiary/aromatic N) is 2. The number of hydrogen-bond acceptors (Lipinski definition) is 3. The molecule has 3 aliphatic rings. The molecule has 6 aromatic carbocycles. The van der Waals surface area contributed by atoms with Crippen LogP contribution in [0, 0.1) is 6.92 Å². The van der Waals surface area contributed by atoms with Crippen LogP contribution < -0.4 is 25.5 Å². The molecule has 0 saturated heterocycles. The predicted octanol–water partition coefficient (Wildman–Crippen LogP) is 12.2. The van der Waals surface area contributed by atoms with Gasteiger partial charge in [-0.05, 0) is 136 Å². The third-order valence-corrected chi connectivity index (χ3v) is 13.2. The van der Waals surface area contributed by atoms with E-state index in [2.05, 4.69) is 148 Å². The second kappa shape index (κ2) is 11.0. The minimum atomic E-state index is -0.0790. The van der Waals surface area contributed by atoms with E-state index in [1.54, 1.807) is 0 Å². The lowest BCUT2D eigenvalue weighted by Crippen LogP contribution is -2.60. The van der Waals surface area contributed by atoms with Crippen molar-refractivity contribution in [2.75, 3.05) is 9.80 Å². The summed E-state index contributed by atoms with van der Waals surface area (Å²) in [5.41, 5.74) is 17.5. The lowest BCUT2D eigenvalue weighted by atomic mass is 9.36. The fourth-order valence-corrected chi connectivity index (χ4v) is 10.7. The number of halogens is 2. The first-order valence-corrected chi connectivity index (χ1v) is 19.6. The Bertz CT molecular complexity index is 2630. The largest absolute Gasteiger partial charge is 0.311 e. The lowest BCUT2D eigenvalue weighted by molar-refractivity contribution is 0.590. The maximum absolute atomic E-state index is 6.91. The van der Waals surface area contributed by atoms with Gasteiger partial charge in [-0.3, -0.25) is 0 Å². The molecular formula is C46H37BCl2N2S. The minimum Gasteiger partial charge on any atom is -0.311 e. The maximum atomic E-state index is 6.91. The molecule has 0 bridgehead atoms. The van der Waals surface area contributed by atoms with Crippen molar-refractivity contribution in [3.8, 4) is 11.1 Å². The van der Waals surface area contributed by atoms with E-state index in [-0.39, 0.29) is 17.5 Å². The van der Waals surface area contributed by atoms with E-state index < -0.39 is 0 Å². The highest BCUT2D eigenvalue weighted by atomic mass is 35.5. The van der Waals surface area contributed by atoms with Gasteiger partial charge in [-0.2, -0.15) is 0 Å². The van der Waals surface area contributed by atoms with Crippen LogP contribution >= 0.6 is 34.5 Å². The zero-order valence-corrected chi connectivity index (χ0v) is 32.4. The second-order valence-electron chi connectivity index (χ2n) is 16.2. The Hall–Kier alpha value is -4.48. The monoisotopic (exact) mass is 730 g/mol. The lowest BCUT2D eigenvalue weighted by Gasteiger charge is -2.43. The molecule has 10 rings (SSSR count). The van der Waals surface area contributed by atoms with Crippen LogP contribution in [0.15, 0.2) is 115 Å². The number of anilines is 6. The molecule has 6 heteroatoms. The van der Waals surface area contributed by atoms with Crippen molar-refractivity contribution in [3.63, 3.8) is 0 Å². The molecule has 3 heterocycles. The van der Waals surface area contributed by atoms with Crippen LogP contribution in [0.5, 0.6) is 0 Å². The van der Waals surface area contributed by atoms with Crippen LogP contribution in [-0.4, -0.2) is 6.71 Å². The summed E-state index contributed by atoms with van der Waals surface area (Å²) in [7, 11) is 0. The number of hydrogen-bond donors (Lipinski definition) is 0. The molecule has 2 nitrogen and oxygen atoms in total. The normalized spacial score (nSPS) is 15.0. The van der Waals surface area contributed by atoms with Gasteiger partial charge < -0.3 is 9.80 Å². The fraction of sp³-hybridized carbons (Fsp3) is 0.174. The van der Waals surface area contributed by atoms with Gasteiger partial charge in [0.25, 0.3) is 6.71 Å². The molecule has 1 aliphatic carbocycles. The van der Waals surface area contributed by atoms with Crippen LogP contribution in [0.25, 0.3) is 21.2 Å². The topological polar surface area (TPSA) is 6.48 Å². The van der Waals surface area contributed by atoms with Gasteiger partial charge in [-0.15, -0.1) is 11.3 Å². The van der Waals surface area contributed by atoms with E-state index in [1.807, 2.05) is 29.5 Å². The van der Waals surface area contributed by atoms with E-state index in [4.69, 9.17) is 23.2 Å². The Morgan fingerprint density at radius 3 is 2.04 bits per heavy atom. The summed E-state index contributed by atoms with van der Waals surface area (Å²) in [5, 5.41) is 2.76. The maximum Gasteiger partial charge on any atom is 0.264 e. The Balaban J connectivity index is 1.31. The van der Waals surface area contributed by atoms with Gasteiger partial charge >= 0.3 is 0 Å². The zero-order chi connectivity index (χ0) is 35.8. The third kappa shape index (κ3) is 4.51. The van der Waals surface area contributed by atoms with Gasteiger partial charge in [0.05, 0.1) is 5.69 Å². The fourth-order valence-electron chi connectivity index (χ4n) is 9.03. The molecule has 0 saturated carbocycles. The van der Waals surface area contributed by atoms with Crippen LogP contribution in [0.3, 0.4) is 0 Å². The van der Waals surface area contributed by atoms with Gasteiger partial charge in [-0.1, -0.05) is 94.2 Å². The Morgan fingerprint density at radius 1 is 0.654 bits per heavy atom. The van der Waals surface area contributed by atoms with Crippen molar-refractivity contribution < 1.29 is 0 Å². The van der Waals surface area contributed by atoms with Gasteiger partial charge in [0.15, 0.2) is 0 Å². The SMILES string of the molecule is Cc1cc2c3c(c1)N(c1ccc(C(C)(C)C)cc1)c1c(sc4cc5c(cc14)-c1ccccc1C5(C)C)B3c1cc(Cl)ccc1N2c1ccc(Cl)cc1. The quantitative estimate of drug-likeness (QED) is 0.163. The molecule has 0 N–H and O–H groups in total. The molecule has 0 radical (unpaired) electrons. The average molecular weight is 732 g/mol. The number of thiophene rings is 1. The highest BCUT2D eigenvalue weighted by molar-refractivity contribution is 7.33. The summed E-state index contributed by atoms with van der Waals surface area (Å²) in [5.74, 6) is 0. The van der Waals surface area contributed by atoms with Crippen LogP contribution in [0.1, 0.15) is 56.9 Å². The highest BCUT2D eigenvalue weighted by Crippen LogP contribution is 2.54. The third-order valence-electron chi connectivity index (χ3n) is 11.5. The second-order valence-corrected chi connectivity index (χ2v) is 18.1. The summed E-state index contributed by atoms with van der Waals surface area (Å²) in [6.45, 7) is 13.8. The molecule has 52 heavy (non-hydrogen) atoms. The number of rotatable bonds is 2. The molecule has 7 aromatic rings. The van der Waals surface area contributed by atoms with E-state index in [1.165, 1.54) is 76.2 Å². The first-order valence-electron chi connectivity index (χ1n) is 18.0. The standard InChI is InChI=1S/C46H37BCl2N2S/c1-26-21-39-42-40(22-26)51(31-16-11-27(12-17-31)45(2,3)4)43-34-24-33-32-9-7-8-10-35(32)46(5,6)36(33)25-41(34)52-44(43)47(42)37-23-29(49)15-20-38(37)50(39)30-18-13-28(48)14-19-30/h7-25H,1-6H3. The summed E-state index contributed by atoms with van der Waals surface area (Å²) in [4.78, 5) is 4.95. The summed E-state index contributed by atoms with van der Waals surface area (Å²) in [6, 6.07) is 42.5. The number of fused-ring (bicyclic) bond motifs is 9. The van der Waals surface area contributed by atoms with Gasteiger partial charge in [-0.25, -0.2) is 0 Å². The van der Waals surface area contributed by atoms with Crippen molar-refractivity contribution in [2.24, 2.45) is 0 Å². The zero-order valence-electron chi connectivity index (χ0n) is 30.1. The molecule has 1 aromatic heterocycles. The molecule has 254 valence electrons. The molecule has 0 amide bonds. The first-order chi connectivity index (χ1) is 24.9.